The Kier molecular flexibility index (Phi) is 5.80. The van der Waals surface area contributed by atoms with E-state index in [0.717, 1.165) is 0 Å². The Morgan fingerprint density at radius 1 is 1.21 bits per heavy atom. The predicted octanol–water partition coefficient (Wildman–Crippen LogP) is 1.06. The number of halogens is 3. The molecule has 5 nitrogen and oxygen atoms in total. The highest BCUT2D eigenvalue weighted by molar-refractivity contribution is 5.92. The van der Waals surface area contributed by atoms with Gasteiger partial charge in [0.1, 0.15) is 5.54 Å². The van der Waals surface area contributed by atoms with E-state index in [1.165, 1.54) is 25.9 Å². The standard InChI is InChI=1S/C11H20F3N3O2/c1-7(2)6-17(15-5)9(19)10(3,4)16-8(18)11(12,13)14/h7,15H,6H2,1-5H3,(H,16,18). The number of hydrogen-bond donors (Lipinski definition) is 2. The van der Waals surface area contributed by atoms with Gasteiger partial charge in [-0.25, -0.2) is 5.43 Å². The van der Waals surface area contributed by atoms with Gasteiger partial charge in [-0.05, 0) is 19.8 Å². The first-order valence-corrected chi connectivity index (χ1v) is 5.80. The molecule has 0 aromatic rings. The largest absolute Gasteiger partial charge is 0.471 e. The second-order valence-corrected chi connectivity index (χ2v) is 5.11. The third-order valence-corrected chi connectivity index (χ3v) is 2.28. The Hall–Kier alpha value is -1.31. The molecule has 0 atom stereocenters. The van der Waals surface area contributed by atoms with Crippen molar-refractivity contribution in [3.05, 3.63) is 0 Å². The molecule has 0 fully saturated rings. The van der Waals surface area contributed by atoms with Gasteiger partial charge >= 0.3 is 12.1 Å². The van der Waals surface area contributed by atoms with Crippen molar-refractivity contribution in [1.82, 2.24) is 15.8 Å². The van der Waals surface area contributed by atoms with Gasteiger partial charge in [0, 0.05) is 13.6 Å². The molecular formula is C11H20F3N3O2. The second-order valence-electron chi connectivity index (χ2n) is 5.11. The molecule has 2 N–H and O–H groups in total. The van der Waals surface area contributed by atoms with Crippen LogP contribution in [0.4, 0.5) is 13.2 Å². The van der Waals surface area contributed by atoms with E-state index in [4.69, 9.17) is 0 Å². The van der Waals surface area contributed by atoms with Gasteiger partial charge in [-0.15, -0.1) is 0 Å². The first kappa shape index (κ1) is 17.7. The molecule has 0 saturated carbocycles. The minimum absolute atomic E-state index is 0.130. The maximum atomic E-state index is 12.2. The Balaban J connectivity index is 4.88. The Morgan fingerprint density at radius 3 is 2.00 bits per heavy atom. The van der Waals surface area contributed by atoms with Crippen LogP contribution in [-0.2, 0) is 9.59 Å². The van der Waals surface area contributed by atoms with Gasteiger partial charge in [0.15, 0.2) is 0 Å². The summed E-state index contributed by atoms with van der Waals surface area (Å²) in [4.78, 5) is 23.0. The molecular weight excluding hydrogens is 263 g/mol. The Morgan fingerprint density at radius 2 is 1.68 bits per heavy atom. The van der Waals surface area contributed by atoms with Crippen LogP contribution in [0.5, 0.6) is 0 Å². The van der Waals surface area contributed by atoms with Gasteiger partial charge in [-0.3, -0.25) is 14.6 Å². The summed E-state index contributed by atoms with van der Waals surface area (Å²) >= 11 is 0. The van der Waals surface area contributed by atoms with Gasteiger partial charge in [0.2, 0.25) is 0 Å². The number of hydrogen-bond acceptors (Lipinski definition) is 3. The van der Waals surface area contributed by atoms with E-state index in [9.17, 15) is 22.8 Å². The fourth-order valence-electron chi connectivity index (χ4n) is 1.39. The van der Waals surface area contributed by atoms with Crippen LogP contribution in [0.2, 0.25) is 0 Å². The smallest absolute Gasteiger partial charge is 0.334 e. The number of nitrogens with one attached hydrogen (secondary N) is 2. The monoisotopic (exact) mass is 283 g/mol. The van der Waals surface area contributed by atoms with E-state index < -0.39 is 23.5 Å². The Bertz CT molecular complexity index is 341. The topological polar surface area (TPSA) is 61.4 Å². The number of hydrazine groups is 1. The molecule has 0 rings (SSSR count). The summed E-state index contributed by atoms with van der Waals surface area (Å²) in [6, 6.07) is 0. The number of carbonyl (C=O) groups excluding carboxylic acids is 2. The molecule has 0 aliphatic heterocycles. The lowest BCUT2D eigenvalue weighted by Crippen LogP contribution is -2.61. The molecule has 0 aliphatic rings. The fourth-order valence-corrected chi connectivity index (χ4v) is 1.39. The maximum absolute atomic E-state index is 12.2. The average molecular weight is 283 g/mol. The third kappa shape index (κ3) is 5.46. The summed E-state index contributed by atoms with van der Waals surface area (Å²) in [6.45, 7) is 6.49. The molecule has 0 unspecified atom stereocenters. The summed E-state index contributed by atoms with van der Waals surface area (Å²) in [5, 5.41) is 2.87. The van der Waals surface area contributed by atoms with Crippen LogP contribution in [0, 0.1) is 5.92 Å². The number of nitrogens with zero attached hydrogens (tertiary/aromatic N) is 1. The zero-order valence-corrected chi connectivity index (χ0v) is 11.7. The van der Waals surface area contributed by atoms with Crippen molar-refractivity contribution in [2.75, 3.05) is 13.6 Å². The normalized spacial score (nSPS) is 12.5. The highest BCUT2D eigenvalue weighted by atomic mass is 19.4. The van der Waals surface area contributed by atoms with Crippen molar-refractivity contribution in [1.29, 1.82) is 0 Å². The van der Waals surface area contributed by atoms with Crippen LogP contribution in [0.15, 0.2) is 0 Å². The van der Waals surface area contributed by atoms with Crippen LogP contribution in [0.3, 0.4) is 0 Å². The first-order valence-electron chi connectivity index (χ1n) is 5.80. The van der Waals surface area contributed by atoms with Crippen molar-refractivity contribution in [3.8, 4) is 0 Å². The molecule has 0 bridgehead atoms. The lowest BCUT2D eigenvalue weighted by atomic mass is 10.0. The molecule has 2 amide bonds. The van der Waals surface area contributed by atoms with E-state index in [0.29, 0.717) is 6.54 Å². The zero-order chi connectivity index (χ0) is 15.4. The van der Waals surface area contributed by atoms with E-state index in [2.05, 4.69) is 5.43 Å². The molecule has 0 aromatic heterocycles. The highest BCUT2D eigenvalue weighted by Gasteiger charge is 2.44. The summed E-state index contributed by atoms with van der Waals surface area (Å²) < 4.78 is 36.6. The van der Waals surface area contributed by atoms with E-state index in [1.807, 2.05) is 13.8 Å². The molecule has 0 heterocycles. The van der Waals surface area contributed by atoms with Gasteiger partial charge < -0.3 is 5.32 Å². The summed E-state index contributed by atoms with van der Waals surface area (Å²) in [7, 11) is 1.49. The summed E-state index contributed by atoms with van der Waals surface area (Å²) in [6.07, 6.45) is -5.01. The quantitative estimate of drug-likeness (QED) is 0.742. The number of alkyl halides is 3. The van der Waals surface area contributed by atoms with Gasteiger partial charge in [-0.2, -0.15) is 13.2 Å². The fraction of sp³-hybridized carbons (Fsp3) is 0.818. The van der Waals surface area contributed by atoms with E-state index >= 15 is 0 Å². The number of amides is 2. The molecule has 8 heteroatoms. The molecule has 0 radical (unpaired) electrons. The second kappa shape index (κ2) is 6.23. The summed E-state index contributed by atoms with van der Waals surface area (Å²) in [5.41, 5.74) is 0.954. The number of rotatable bonds is 5. The van der Waals surface area contributed by atoms with Crippen LogP contribution < -0.4 is 10.7 Å². The predicted molar refractivity (Wildman–Crippen MR) is 63.9 cm³/mol. The first-order chi connectivity index (χ1) is 8.41. The minimum atomic E-state index is -5.01. The van der Waals surface area contributed by atoms with E-state index in [1.54, 1.807) is 5.32 Å². The average Bonchev–Trinajstić information content (AvgIpc) is 2.22. The van der Waals surface area contributed by atoms with Crippen molar-refractivity contribution in [2.24, 2.45) is 5.92 Å². The van der Waals surface area contributed by atoms with Gasteiger partial charge in [0.05, 0.1) is 0 Å². The zero-order valence-electron chi connectivity index (χ0n) is 11.7. The van der Waals surface area contributed by atoms with Crippen molar-refractivity contribution in [3.63, 3.8) is 0 Å². The van der Waals surface area contributed by atoms with Crippen LogP contribution in [0.25, 0.3) is 0 Å². The van der Waals surface area contributed by atoms with Gasteiger partial charge in [-0.1, -0.05) is 13.8 Å². The van der Waals surface area contributed by atoms with Crippen LogP contribution in [0.1, 0.15) is 27.7 Å². The SMILES string of the molecule is CNN(CC(C)C)C(=O)C(C)(C)NC(=O)C(F)(F)F. The maximum Gasteiger partial charge on any atom is 0.471 e. The van der Waals surface area contributed by atoms with Crippen molar-refractivity contribution in [2.45, 2.75) is 39.4 Å². The summed E-state index contributed by atoms with van der Waals surface area (Å²) in [5.74, 6) is -2.64. The molecule has 0 aliphatic carbocycles. The van der Waals surface area contributed by atoms with Crippen molar-refractivity contribution < 1.29 is 22.8 Å². The lowest BCUT2D eigenvalue weighted by Gasteiger charge is -2.33. The highest BCUT2D eigenvalue weighted by Crippen LogP contribution is 2.17. The third-order valence-electron chi connectivity index (χ3n) is 2.28. The molecule has 19 heavy (non-hydrogen) atoms. The molecule has 112 valence electrons. The number of carbonyl (C=O) groups is 2. The Labute approximate surface area is 110 Å². The van der Waals surface area contributed by atoms with Crippen LogP contribution in [-0.4, -0.2) is 42.1 Å². The van der Waals surface area contributed by atoms with Crippen LogP contribution >= 0.6 is 0 Å². The molecule has 0 saturated heterocycles. The van der Waals surface area contributed by atoms with E-state index in [-0.39, 0.29) is 5.92 Å². The molecule has 0 spiro atoms. The minimum Gasteiger partial charge on any atom is -0.334 e. The van der Waals surface area contributed by atoms with Crippen molar-refractivity contribution >= 4 is 11.8 Å². The van der Waals surface area contributed by atoms with Gasteiger partial charge in [0.25, 0.3) is 5.91 Å². The lowest BCUT2D eigenvalue weighted by molar-refractivity contribution is -0.176. The molecule has 0 aromatic carbocycles.